The summed E-state index contributed by atoms with van der Waals surface area (Å²) in [5.41, 5.74) is 0. The highest BCUT2D eigenvalue weighted by Gasteiger charge is 1.79. The maximum Gasteiger partial charge on any atom is 0.171 e. The van der Waals surface area contributed by atoms with Gasteiger partial charge in [-0.25, -0.2) is 0 Å². The van der Waals surface area contributed by atoms with E-state index < -0.39 is 6.29 Å². The van der Waals surface area contributed by atoms with E-state index in [-0.39, 0.29) is 0 Å². The van der Waals surface area contributed by atoms with Crippen LogP contribution in [-0.2, 0) is 0 Å². The van der Waals surface area contributed by atoms with Gasteiger partial charge in [-0.1, -0.05) is 6.08 Å². The molecule has 0 unspecified atom stereocenters. The zero-order valence-electron chi connectivity index (χ0n) is 3.63. The number of hydrogen-bond acceptors (Lipinski definition) is 2. The Hall–Kier alpha value is -0.340. The minimum absolute atomic E-state index is 1.28. The molecule has 0 atom stereocenters. The van der Waals surface area contributed by atoms with Crippen molar-refractivity contribution in [2.45, 2.75) is 13.2 Å². The number of rotatable bonds is 1. The van der Waals surface area contributed by atoms with Crippen molar-refractivity contribution in [2.75, 3.05) is 0 Å². The Morgan fingerprint density at radius 2 is 2.00 bits per heavy atom. The Kier molecular flexibility index (Phi) is 2.71. The summed E-state index contributed by atoms with van der Waals surface area (Å²) in [5, 5.41) is 16.0. The lowest BCUT2D eigenvalue weighted by Crippen LogP contribution is -1.96. The van der Waals surface area contributed by atoms with Crippen molar-refractivity contribution >= 4 is 0 Å². The summed E-state index contributed by atoms with van der Waals surface area (Å²) in [5.74, 6) is 0. The lowest BCUT2D eigenvalue weighted by Gasteiger charge is -1.86. The van der Waals surface area contributed by atoms with Crippen LogP contribution in [0.3, 0.4) is 0 Å². The maximum atomic E-state index is 8.02. The van der Waals surface area contributed by atoms with Gasteiger partial charge in [-0.3, -0.25) is 0 Å². The minimum atomic E-state index is -1.28. The van der Waals surface area contributed by atoms with E-state index in [4.69, 9.17) is 10.2 Å². The number of allylic oxidation sites excluding steroid dienone is 1. The fourth-order valence-corrected chi connectivity index (χ4v) is 0.172. The van der Waals surface area contributed by atoms with Gasteiger partial charge < -0.3 is 10.2 Å². The summed E-state index contributed by atoms with van der Waals surface area (Å²) in [7, 11) is 0. The fraction of sp³-hybridized carbons (Fsp3) is 0.500. The van der Waals surface area contributed by atoms with Crippen LogP contribution in [0.2, 0.25) is 0 Å². The molecule has 0 saturated heterocycles. The molecule has 36 valence electrons. The zero-order valence-corrected chi connectivity index (χ0v) is 3.63. The number of aliphatic hydroxyl groups excluding tert-OH is 1. The van der Waals surface area contributed by atoms with Crippen molar-refractivity contribution < 1.29 is 10.2 Å². The second-order valence-electron chi connectivity index (χ2n) is 0.939. The molecule has 0 amide bonds. The van der Waals surface area contributed by atoms with Crippen LogP contribution in [0.15, 0.2) is 12.2 Å². The molecular formula is C4H8O2. The van der Waals surface area contributed by atoms with Crippen LogP contribution in [-0.4, -0.2) is 16.5 Å². The van der Waals surface area contributed by atoms with Crippen molar-refractivity contribution in [2.24, 2.45) is 0 Å². The average molecular weight is 88.1 g/mol. The Balaban J connectivity index is 3.03. The summed E-state index contributed by atoms with van der Waals surface area (Å²) in [6.45, 7) is 1.72. The van der Waals surface area contributed by atoms with E-state index >= 15 is 0 Å². The van der Waals surface area contributed by atoms with E-state index in [0.717, 1.165) is 0 Å². The van der Waals surface area contributed by atoms with Crippen molar-refractivity contribution in [3.63, 3.8) is 0 Å². The monoisotopic (exact) mass is 88.1 g/mol. The molecule has 0 aliphatic carbocycles. The van der Waals surface area contributed by atoms with E-state index in [1.807, 2.05) is 0 Å². The predicted molar refractivity (Wildman–Crippen MR) is 23.0 cm³/mol. The first-order valence-electron chi connectivity index (χ1n) is 1.76. The lowest BCUT2D eigenvalue weighted by molar-refractivity contribution is 0.00228. The predicted octanol–water partition coefficient (Wildman–Crippen LogP) is -0.127. The van der Waals surface area contributed by atoms with Crippen LogP contribution in [0.1, 0.15) is 6.92 Å². The molecule has 0 fully saturated rings. The van der Waals surface area contributed by atoms with Gasteiger partial charge in [0.05, 0.1) is 0 Å². The van der Waals surface area contributed by atoms with Gasteiger partial charge >= 0.3 is 0 Å². The third-order valence-electron chi connectivity index (χ3n) is 0.365. The second kappa shape index (κ2) is 2.87. The molecule has 0 heterocycles. The fourth-order valence-electron chi connectivity index (χ4n) is 0.172. The molecule has 0 aromatic rings. The second-order valence-corrected chi connectivity index (χ2v) is 0.939. The van der Waals surface area contributed by atoms with Crippen LogP contribution in [0.25, 0.3) is 0 Å². The van der Waals surface area contributed by atoms with Crippen LogP contribution < -0.4 is 0 Å². The van der Waals surface area contributed by atoms with Gasteiger partial charge in [0.25, 0.3) is 0 Å². The van der Waals surface area contributed by atoms with Crippen molar-refractivity contribution in [3.05, 3.63) is 12.2 Å². The molecule has 0 bridgehead atoms. The molecular weight excluding hydrogens is 80.0 g/mol. The van der Waals surface area contributed by atoms with Crippen LogP contribution in [0, 0.1) is 0 Å². The zero-order chi connectivity index (χ0) is 4.99. The SMILES string of the molecule is C/C=C/C(O)O. The number of hydrogen-bond donors (Lipinski definition) is 2. The molecule has 0 aromatic carbocycles. The van der Waals surface area contributed by atoms with E-state index in [1.165, 1.54) is 6.08 Å². The summed E-state index contributed by atoms with van der Waals surface area (Å²) in [6.07, 6.45) is 1.57. The summed E-state index contributed by atoms with van der Waals surface area (Å²) in [4.78, 5) is 0. The third-order valence-corrected chi connectivity index (χ3v) is 0.365. The normalized spacial score (nSPS) is 11.3. The van der Waals surface area contributed by atoms with Crippen molar-refractivity contribution in [1.82, 2.24) is 0 Å². The van der Waals surface area contributed by atoms with Gasteiger partial charge in [-0.15, -0.1) is 0 Å². The van der Waals surface area contributed by atoms with Gasteiger partial charge in [0, 0.05) is 0 Å². The van der Waals surface area contributed by atoms with Crippen LogP contribution in [0.4, 0.5) is 0 Å². The first-order chi connectivity index (χ1) is 2.77. The summed E-state index contributed by atoms with van der Waals surface area (Å²) < 4.78 is 0. The smallest absolute Gasteiger partial charge is 0.171 e. The topological polar surface area (TPSA) is 40.5 Å². The number of aliphatic hydroxyl groups is 2. The molecule has 2 nitrogen and oxygen atoms in total. The van der Waals surface area contributed by atoms with Gasteiger partial charge in [0.15, 0.2) is 6.29 Å². The molecule has 0 rings (SSSR count). The van der Waals surface area contributed by atoms with E-state index in [2.05, 4.69) is 0 Å². The van der Waals surface area contributed by atoms with E-state index in [9.17, 15) is 0 Å². The van der Waals surface area contributed by atoms with Crippen LogP contribution >= 0.6 is 0 Å². The molecule has 0 saturated carbocycles. The molecule has 0 radical (unpaired) electrons. The standard InChI is InChI=1S/C4H8O2/c1-2-3-4(5)6/h2-6H,1H3/b3-2+. The first kappa shape index (κ1) is 5.66. The maximum absolute atomic E-state index is 8.02. The Morgan fingerprint density at radius 1 is 1.50 bits per heavy atom. The molecule has 2 heteroatoms. The first-order valence-corrected chi connectivity index (χ1v) is 1.76. The Labute approximate surface area is 36.7 Å². The van der Waals surface area contributed by atoms with Gasteiger partial charge in [0.2, 0.25) is 0 Å². The van der Waals surface area contributed by atoms with Crippen molar-refractivity contribution in [1.29, 1.82) is 0 Å². The van der Waals surface area contributed by atoms with Gasteiger partial charge in [0.1, 0.15) is 0 Å². The highest BCUT2D eigenvalue weighted by molar-refractivity contribution is 4.78. The third kappa shape index (κ3) is 3.66. The largest absolute Gasteiger partial charge is 0.365 e. The molecule has 2 N–H and O–H groups in total. The average Bonchev–Trinajstić information content (AvgIpc) is 1.35. The highest BCUT2D eigenvalue weighted by Crippen LogP contribution is 1.74. The van der Waals surface area contributed by atoms with Gasteiger partial charge in [-0.05, 0) is 13.0 Å². The van der Waals surface area contributed by atoms with Crippen molar-refractivity contribution in [3.8, 4) is 0 Å². The summed E-state index contributed by atoms with van der Waals surface area (Å²) >= 11 is 0. The molecule has 0 aliphatic heterocycles. The summed E-state index contributed by atoms with van der Waals surface area (Å²) in [6, 6.07) is 0. The van der Waals surface area contributed by atoms with E-state index in [1.54, 1.807) is 13.0 Å². The lowest BCUT2D eigenvalue weighted by atomic mass is 10.5. The Morgan fingerprint density at radius 3 is 2.00 bits per heavy atom. The Bertz CT molecular complexity index is 47.5. The minimum Gasteiger partial charge on any atom is -0.365 e. The highest BCUT2D eigenvalue weighted by atomic mass is 16.5. The molecule has 6 heavy (non-hydrogen) atoms. The van der Waals surface area contributed by atoms with E-state index in [0.29, 0.717) is 0 Å². The molecule has 0 spiro atoms. The van der Waals surface area contributed by atoms with Crippen LogP contribution in [0.5, 0.6) is 0 Å². The molecule has 0 aromatic heterocycles. The molecule has 0 aliphatic rings. The van der Waals surface area contributed by atoms with Gasteiger partial charge in [-0.2, -0.15) is 0 Å². The quantitative estimate of drug-likeness (QED) is 0.346.